The van der Waals surface area contributed by atoms with Gasteiger partial charge >= 0.3 is 0 Å². The third-order valence-corrected chi connectivity index (χ3v) is 8.38. The molecule has 2 rings (SSSR count). The van der Waals surface area contributed by atoms with E-state index in [1.165, 1.54) is 7.11 Å². The van der Waals surface area contributed by atoms with E-state index < -0.39 is 30.3 Å². The minimum absolute atomic E-state index is 0.0257. The number of alkyl halides is 1. The lowest BCUT2D eigenvalue weighted by atomic mass is 9.81. The van der Waals surface area contributed by atoms with Crippen LogP contribution in [0.5, 0.6) is 0 Å². The summed E-state index contributed by atoms with van der Waals surface area (Å²) in [6, 6.07) is 8.16. The van der Waals surface area contributed by atoms with Crippen LogP contribution in [0.25, 0.3) is 0 Å². The van der Waals surface area contributed by atoms with E-state index in [4.69, 9.17) is 9.47 Å². The van der Waals surface area contributed by atoms with Gasteiger partial charge in [-0.3, -0.25) is 9.59 Å². The van der Waals surface area contributed by atoms with Crippen LogP contribution in [0.15, 0.2) is 30.3 Å². The predicted molar refractivity (Wildman–Crippen MR) is 151 cm³/mol. The van der Waals surface area contributed by atoms with Gasteiger partial charge in [0.05, 0.1) is 43.2 Å². The number of unbranched alkanes of at least 4 members (excludes halogenated alkanes) is 1. The molecule has 0 aromatic heterocycles. The van der Waals surface area contributed by atoms with Gasteiger partial charge in [-0.2, -0.15) is 0 Å². The van der Waals surface area contributed by atoms with Crippen LogP contribution in [0.1, 0.15) is 71.8 Å². The van der Waals surface area contributed by atoms with Crippen LogP contribution >= 0.6 is 0 Å². The Labute approximate surface area is 234 Å². The highest BCUT2D eigenvalue weighted by Crippen LogP contribution is 2.32. The standard InChI is InChI=1S/C31H49FN2O5/c1-7-9-15-26(21(3)8-2)28(38-5)18-29(36)34-19-24(32)17-27(34)30(39-6)22(4)31(37)33-25(20-35)16-23-13-11-10-12-14-23/h10-14,20-22,24-28,30H,7-9,15-19H2,1-6H3,(H,33,37)/t21-,22+,24-,25-,26-,27-,28?,30+/m0/s1. The zero-order valence-corrected chi connectivity index (χ0v) is 24.6. The minimum atomic E-state index is -1.20. The van der Waals surface area contributed by atoms with Gasteiger partial charge in [0, 0.05) is 20.6 Å². The molecule has 1 saturated heterocycles. The van der Waals surface area contributed by atoms with Gasteiger partial charge in [0.1, 0.15) is 12.5 Å². The lowest BCUT2D eigenvalue weighted by Crippen LogP contribution is -2.52. The second-order valence-corrected chi connectivity index (χ2v) is 11.0. The van der Waals surface area contributed by atoms with Crippen molar-refractivity contribution < 1.29 is 28.2 Å². The third kappa shape index (κ3) is 9.38. The second-order valence-electron chi connectivity index (χ2n) is 11.0. The van der Waals surface area contributed by atoms with Crippen molar-refractivity contribution in [2.45, 2.75) is 103 Å². The van der Waals surface area contributed by atoms with Gasteiger partial charge in [0.25, 0.3) is 0 Å². The Kier molecular flexibility index (Phi) is 14.1. The summed E-state index contributed by atoms with van der Waals surface area (Å²) in [5.41, 5.74) is 0.931. The molecular weight excluding hydrogens is 499 g/mol. The summed E-state index contributed by atoms with van der Waals surface area (Å²) < 4.78 is 26.3. The van der Waals surface area contributed by atoms with Gasteiger partial charge in [-0.1, -0.05) is 77.3 Å². The molecule has 220 valence electrons. The molecule has 8 heteroatoms. The molecule has 39 heavy (non-hydrogen) atoms. The largest absolute Gasteiger partial charge is 0.381 e. The maximum Gasteiger partial charge on any atom is 0.226 e. The number of nitrogens with zero attached hydrogens (tertiary/aromatic N) is 1. The summed E-state index contributed by atoms with van der Waals surface area (Å²) in [4.78, 5) is 40.0. The summed E-state index contributed by atoms with van der Waals surface area (Å²) in [5, 5.41) is 2.80. The van der Waals surface area contributed by atoms with Crippen LogP contribution in [-0.4, -0.2) is 74.2 Å². The van der Waals surface area contributed by atoms with Gasteiger partial charge in [-0.15, -0.1) is 0 Å². The Morgan fingerprint density at radius 3 is 2.41 bits per heavy atom. The number of rotatable bonds is 17. The molecule has 1 N–H and O–H groups in total. The Morgan fingerprint density at radius 2 is 1.85 bits per heavy atom. The molecule has 2 amide bonds. The van der Waals surface area contributed by atoms with Gasteiger partial charge < -0.3 is 24.5 Å². The number of halogens is 1. The zero-order chi connectivity index (χ0) is 28.9. The van der Waals surface area contributed by atoms with E-state index in [9.17, 15) is 18.8 Å². The molecule has 1 aliphatic rings. The smallest absolute Gasteiger partial charge is 0.226 e. The fourth-order valence-electron chi connectivity index (χ4n) is 5.85. The molecule has 1 aromatic carbocycles. The summed E-state index contributed by atoms with van der Waals surface area (Å²) in [6.07, 6.45) is 3.29. The van der Waals surface area contributed by atoms with E-state index in [-0.39, 0.29) is 43.2 Å². The summed E-state index contributed by atoms with van der Waals surface area (Å²) in [6.45, 7) is 8.16. The van der Waals surface area contributed by atoms with E-state index in [1.54, 1.807) is 18.9 Å². The van der Waals surface area contributed by atoms with Gasteiger partial charge in [-0.05, 0) is 30.2 Å². The molecule has 0 bridgehead atoms. The number of benzene rings is 1. The van der Waals surface area contributed by atoms with E-state index in [0.29, 0.717) is 12.3 Å². The maximum absolute atomic E-state index is 14.8. The van der Waals surface area contributed by atoms with Crippen molar-refractivity contribution in [1.29, 1.82) is 0 Å². The van der Waals surface area contributed by atoms with Gasteiger partial charge in [0.15, 0.2) is 0 Å². The molecular formula is C31H49FN2O5. The molecule has 0 radical (unpaired) electrons. The summed E-state index contributed by atoms with van der Waals surface area (Å²) in [5.74, 6) is -0.611. The zero-order valence-electron chi connectivity index (χ0n) is 24.6. The molecule has 1 fully saturated rings. The van der Waals surface area contributed by atoms with Crippen LogP contribution in [0.2, 0.25) is 0 Å². The fraction of sp³-hybridized carbons (Fsp3) is 0.710. The molecule has 0 spiro atoms. The third-order valence-electron chi connectivity index (χ3n) is 8.38. The number of nitrogens with one attached hydrogen (secondary N) is 1. The Bertz CT molecular complexity index is 885. The number of ether oxygens (including phenoxy) is 2. The van der Waals surface area contributed by atoms with Crippen LogP contribution in [0, 0.1) is 17.8 Å². The molecule has 0 saturated carbocycles. The molecule has 7 nitrogen and oxygen atoms in total. The molecule has 1 aliphatic heterocycles. The minimum Gasteiger partial charge on any atom is -0.381 e. The van der Waals surface area contributed by atoms with Crippen molar-refractivity contribution in [1.82, 2.24) is 10.2 Å². The highest BCUT2D eigenvalue weighted by Gasteiger charge is 2.44. The van der Waals surface area contributed by atoms with Crippen molar-refractivity contribution in [3.63, 3.8) is 0 Å². The maximum atomic E-state index is 14.8. The fourth-order valence-corrected chi connectivity index (χ4v) is 5.85. The average Bonchev–Trinajstić information content (AvgIpc) is 3.33. The second kappa shape index (κ2) is 16.7. The van der Waals surface area contributed by atoms with Crippen LogP contribution in [0.4, 0.5) is 4.39 Å². The first-order valence-electron chi connectivity index (χ1n) is 14.5. The van der Waals surface area contributed by atoms with Crippen molar-refractivity contribution >= 4 is 18.1 Å². The van der Waals surface area contributed by atoms with Crippen LogP contribution in [-0.2, 0) is 30.3 Å². The molecule has 1 heterocycles. The van der Waals surface area contributed by atoms with Gasteiger partial charge in [0.2, 0.25) is 11.8 Å². The number of carbonyl (C=O) groups is 3. The lowest BCUT2D eigenvalue weighted by Gasteiger charge is -2.36. The van der Waals surface area contributed by atoms with Crippen molar-refractivity contribution in [3.8, 4) is 0 Å². The number of methoxy groups -OCH3 is 2. The Morgan fingerprint density at radius 1 is 1.15 bits per heavy atom. The van der Waals surface area contributed by atoms with Crippen molar-refractivity contribution in [2.24, 2.45) is 17.8 Å². The predicted octanol–water partition coefficient (Wildman–Crippen LogP) is 4.76. The topological polar surface area (TPSA) is 84.9 Å². The van der Waals surface area contributed by atoms with E-state index >= 15 is 0 Å². The number of amides is 2. The number of hydrogen-bond acceptors (Lipinski definition) is 5. The quantitative estimate of drug-likeness (QED) is 0.284. The first kappa shape index (κ1) is 32.9. The number of carbonyl (C=O) groups excluding carboxylic acids is 3. The Hall–Kier alpha value is -2.32. The van der Waals surface area contributed by atoms with Crippen LogP contribution < -0.4 is 5.32 Å². The first-order valence-corrected chi connectivity index (χ1v) is 14.5. The Balaban J connectivity index is 2.13. The average molecular weight is 549 g/mol. The van der Waals surface area contributed by atoms with Gasteiger partial charge in [-0.25, -0.2) is 4.39 Å². The monoisotopic (exact) mass is 548 g/mol. The first-order chi connectivity index (χ1) is 18.7. The number of aldehydes is 1. The molecule has 0 aliphatic carbocycles. The normalized spacial score (nSPS) is 22.0. The molecule has 8 atom stereocenters. The van der Waals surface area contributed by atoms with Crippen molar-refractivity contribution in [3.05, 3.63) is 35.9 Å². The van der Waals surface area contributed by atoms with Crippen LogP contribution in [0.3, 0.4) is 0 Å². The van der Waals surface area contributed by atoms with E-state index in [1.807, 2.05) is 30.3 Å². The van der Waals surface area contributed by atoms with E-state index in [0.717, 1.165) is 37.5 Å². The summed E-state index contributed by atoms with van der Waals surface area (Å²) in [7, 11) is 3.12. The molecule has 1 aromatic rings. The molecule has 1 unspecified atom stereocenters. The highest BCUT2D eigenvalue weighted by atomic mass is 19.1. The number of hydrogen-bond donors (Lipinski definition) is 1. The SMILES string of the molecule is CCCC[C@H](C(CC(=O)N1C[C@@H](F)C[C@H]1[C@H](OC)[C@@H](C)C(=O)N[C@H](C=O)Cc1ccccc1)OC)[C@@H](C)CC. The van der Waals surface area contributed by atoms with Crippen molar-refractivity contribution in [2.75, 3.05) is 20.8 Å². The van der Waals surface area contributed by atoms with E-state index in [2.05, 4.69) is 26.1 Å². The summed E-state index contributed by atoms with van der Waals surface area (Å²) >= 11 is 0. The number of likely N-dealkylation sites (tertiary alicyclic amines) is 1. The highest BCUT2D eigenvalue weighted by molar-refractivity contribution is 5.82. The lowest BCUT2D eigenvalue weighted by molar-refractivity contribution is -0.143.